The third kappa shape index (κ3) is 3.09. The van der Waals surface area contributed by atoms with Crippen LogP contribution in [-0.4, -0.2) is 40.9 Å². The van der Waals surface area contributed by atoms with Crippen molar-refractivity contribution >= 4 is 11.1 Å². The zero-order chi connectivity index (χ0) is 18.9. The number of benzene rings is 2. The number of hydrogen-bond donors (Lipinski definition) is 2. The van der Waals surface area contributed by atoms with Crippen LogP contribution in [0.1, 0.15) is 11.1 Å². The molecule has 28 heavy (non-hydrogen) atoms. The third-order valence-corrected chi connectivity index (χ3v) is 5.52. The second kappa shape index (κ2) is 7.19. The van der Waals surface area contributed by atoms with Gasteiger partial charge in [-0.05, 0) is 22.3 Å². The van der Waals surface area contributed by atoms with Crippen molar-refractivity contribution in [3.63, 3.8) is 0 Å². The molecule has 2 aliphatic rings. The first-order valence-electron chi connectivity index (χ1n) is 9.70. The van der Waals surface area contributed by atoms with E-state index in [4.69, 9.17) is 0 Å². The fourth-order valence-corrected chi connectivity index (χ4v) is 3.89. The van der Waals surface area contributed by atoms with Crippen molar-refractivity contribution in [1.29, 1.82) is 0 Å². The Hall–Kier alpha value is -3.02. The standard InChI is InChI=1S/C23H23N5/c1-28-22(18-6-2-16(3-7-18)20-10-12-24-14-20)26-27-23(28)19-8-4-17(5-9-19)21-11-13-25-15-21/h2-11,24-25H,12-15H2,1H3. The summed E-state index contributed by atoms with van der Waals surface area (Å²) in [5, 5.41) is 15.6. The lowest BCUT2D eigenvalue weighted by Crippen LogP contribution is -2.07. The van der Waals surface area contributed by atoms with Gasteiger partial charge in [-0.1, -0.05) is 60.7 Å². The highest BCUT2D eigenvalue weighted by Gasteiger charge is 2.14. The Morgan fingerprint density at radius 3 is 1.39 bits per heavy atom. The van der Waals surface area contributed by atoms with Crippen LogP contribution in [0.2, 0.25) is 0 Å². The minimum Gasteiger partial charge on any atom is -0.310 e. The SMILES string of the molecule is Cn1c(-c2ccc(C3=CCNC3)cc2)nnc1-c1ccc(C2=CCNC2)cc1. The maximum absolute atomic E-state index is 4.45. The van der Waals surface area contributed by atoms with Gasteiger partial charge >= 0.3 is 0 Å². The first-order valence-corrected chi connectivity index (χ1v) is 9.70. The molecule has 140 valence electrons. The monoisotopic (exact) mass is 369 g/mol. The summed E-state index contributed by atoms with van der Waals surface area (Å²) in [4.78, 5) is 0. The van der Waals surface area contributed by atoms with E-state index in [0.29, 0.717) is 0 Å². The van der Waals surface area contributed by atoms with Crippen LogP contribution < -0.4 is 10.6 Å². The maximum Gasteiger partial charge on any atom is 0.163 e. The third-order valence-electron chi connectivity index (χ3n) is 5.52. The topological polar surface area (TPSA) is 54.8 Å². The van der Waals surface area contributed by atoms with Crippen molar-refractivity contribution in [2.24, 2.45) is 7.05 Å². The van der Waals surface area contributed by atoms with Crippen LogP contribution in [0.5, 0.6) is 0 Å². The largest absolute Gasteiger partial charge is 0.310 e. The molecule has 0 fully saturated rings. The van der Waals surface area contributed by atoms with E-state index in [0.717, 1.165) is 49.0 Å². The summed E-state index contributed by atoms with van der Waals surface area (Å²) in [6, 6.07) is 17.2. The molecule has 0 saturated heterocycles. The highest BCUT2D eigenvalue weighted by Crippen LogP contribution is 2.26. The van der Waals surface area contributed by atoms with Crippen molar-refractivity contribution in [1.82, 2.24) is 25.4 Å². The van der Waals surface area contributed by atoms with Crippen molar-refractivity contribution < 1.29 is 0 Å². The van der Waals surface area contributed by atoms with Crippen LogP contribution in [0.3, 0.4) is 0 Å². The molecule has 0 unspecified atom stereocenters. The summed E-state index contributed by atoms with van der Waals surface area (Å²) in [5.74, 6) is 1.76. The van der Waals surface area contributed by atoms with Gasteiger partial charge in [0.25, 0.3) is 0 Å². The Balaban J connectivity index is 1.41. The summed E-state index contributed by atoms with van der Waals surface area (Å²) in [7, 11) is 2.03. The van der Waals surface area contributed by atoms with Crippen LogP contribution in [0.25, 0.3) is 33.9 Å². The molecule has 5 rings (SSSR count). The highest BCUT2D eigenvalue weighted by atomic mass is 15.3. The lowest BCUT2D eigenvalue weighted by Gasteiger charge is -2.07. The Bertz CT molecular complexity index is 970. The van der Waals surface area contributed by atoms with Crippen LogP contribution in [-0.2, 0) is 7.05 Å². The molecule has 0 radical (unpaired) electrons. The fraction of sp³-hybridized carbons (Fsp3) is 0.217. The van der Waals surface area contributed by atoms with Gasteiger partial charge in [0.1, 0.15) is 0 Å². The number of rotatable bonds is 4. The summed E-state index contributed by atoms with van der Waals surface area (Å²) in [6.45, 7) is 3.79. The second-order valence-corrected chi connectivity index (χ2v) is 7.28. The molecule has 3 aromatic rings. The van der Waals surface area contributed by atoms with Gasteiger partial charge < -0.3 is 15.2 Å². The molecule has 2 aromatic carbocycles. The molecule has 2 N–H and O–H groups in total. The lowest BCUT2D eigenvalue weighted by molar-refractivity contribution is 0.897. The molecule has 0 spiro atoms. The zero-order valence-electron chi connectivity index (χ0n) is 15.9. The van der Waals surface area contributed by atoms with Gasteiger partial charge in [0.05, 0.1) is 0 Å². The molecular weight excluding hydrogens is 346 g/mol. The Morgan fingerprint density at radius 2 is 1.04 bits per heavy atom. The van der Waals surface area contributed by atoms with E-state index in [1.165, 1.54) is 22.3 Å². The van der Waals surface area contributed by atoms with E-state index >= 15 is 0 Å². The number of aromatic nitrogens is 3. The molecule has 0 bridgehead atoms. The number of nitrogens with one attached hydrogen (secondary N) is 2. The minimum absolute atomic E-state index is 0.881. The maximum atomic E-state index is 4.45. The molecule has 5 heteroatoms. The quantitative estimate of drug-likeness (QED) is 0.742. The highest BCUT2D eigenvalue weighted by molar-refractivity contribution is 5.73. The van der Waals surface area contributed by atoms with Gasteiger partial charge in [0.15, 0.2) is 11.6 Å². The Labute approximate surface area is 164 Å². The van der Waals surface area contributed by atoms with Gasteiger partial charge in [0, 0.05) is 44.4 Å². The van der Waals surface area contributed by atoms with E-state index in [-0.39, 0.29) is 0 Å². The van der Waals surface area contributed by atoms with Gasteiger partial charge in [-0.3, -0.25) is 0 Å². The van der Waals surface area contributed by atoms with E-state index in [2.05, 4.69) is 86.1 Å². The summed E-state index contributed by atoms with van der Waals surface area (Å²) in [5.41, 5.74) is 7.41. The molecule has 3 heterocycles. The zero-order valence-corrected chi connectivity index (χ0v) is 15.9. The molecule has 0 amide bonds. The van der Waals surface area contributed by atoms with Crippen molar-refractivity contribution in [2.75, 3.05) is 26.2 Å². The Kier molecular flexibility index (Phi) is 4.39. The molecule has 1 aromatic heterocycles. The molecule has 0 aliphatic carbocycles. The smallest absolute Gasteiger partial charge is 0.163 e. The van der Waals surface area contributed by atoms with Gasteiger partial charge in [-0.25, -0.2) is 0 Å². The van der Waals surface area contributed by atoms with Crippen LogP contribution >= 0.6 is 0 Å². The van der Waals surface area contributed by atoms with Crippen LogP contribution in [0.4, 0.5) is 0 Å². The summed E-state index contributed by atoms with van der Waals surface area (Å²) in [6.07, 6.45) is 4.49. The summed E-state index contributed by atoms with van der Waals surface area (Å²) < 4.78 is 2.07. The van der Waals surface area contributed by atoms with Crippen molar-refractivity contribution in [2.45, 2.75) is 0 Å². The van der Waals surface area contributed by atoms with Crippen molar-refractivity contribution in [3.05, 3.63) is 71.8 Å². The second-order valence-electron chi connectivity index (χ2n) is 7.28. The fourth-order valence-electron chi connectivity index (χ4n) is 3.89. The predicted octanol–water partition coefficient (Wildman–Crippen LogP) is 3.12. The summed E-state index contributed by atoms with van der Waals surface area (Å²) >= 11 is 0. The average Bonchev–Trinajstić information content (AvgIpc) is 3.50. The van der Waals surface area contributed by atoms with Crippen LogP contribution in [0, 0.1) is 0 Å². The van der Waals surface area contributed by atoms with Gasteiger partial charge in [0.2, 0.25) is 0 Å². The van der Waals surface area contributed by atoms with Gasteiger partial charge in [-0.2, -0.15) is 0 Å². The van der Waals surface area contributed by atoms with E-state index in [1.807, 2.05) is 7.05 Å². The average molecular weight is 369 g/mol. The first kappa shape index (κ1) is 17.1. The predicted molar refractivity (Wildman–Crippen MR) is 114 cm³/mol. The number of hydrogen-bond acceptors (Lipinski definition) is 4. The molecule has 2 aliphatic heterocycles. The minimum atomic E-state index is 0.881. The molecule has 0 atom stereocenters. The molecular formula is C23H23N5. The number of nitrogens with zero attached hydrogens (tertiary/aromatic N) is 3. The molecule has 0 saturated carbocycles. The lowest BCUT2D eigenvalue weighted by atomic mass is 10.0. The van der Waals surface area contributed by atoms with E-state index in [9.17, 15) is 0 Å². The molecule has 5 nitrogen and oxygen atoms in total. The van der Waals surface area contributed by atoms with Crippen molar-refractivity contribution in [3.8, 4) is 22.8 Å². The van der Waals surface area contributed by atoms with E-state index in [1.54, 1.807) is 0 Å². The van der Waals surface area contributed by atoms with E-state index < -0.39 is 0 Å². The first-order chi connectivity index (χ1) is 13.8. The van der Waals surface area contributed by atoms with Crippen LogP contribution in [0.15, 0.2) is 60.7 Å². The Morgan fingerprint density at radius 1 is 0.643 bits per heavy atom. The van der Waals surface area contributed by atoms with Gasteiger partial charge in [-0.15, -0.1) is 10.2 Å². The normalized spacial score (nSPS) is 16.3.